The van der Waals surface area contributed by atoms with Crippen molar-refractivity contribution in [2.24, 2.45) is 5.16 Å². The number of rotatable bonds is 2. The van der Waals surface area contributed by atoms with Crippen molar-refractivity contribution >= 4 is 66.9 Å². The Hall–Kier alpha value is -2.84. The summed E-state index contributed by atoms with van der Waals surface area (Å²) in [5.74, 6) is 0.898. The summed E-state index contributed by atoms with van der Waals surface area (Å²) < 4.78 is 18.2. The molecular formula is C29H40BrN5O6S2. The number of piperidine rings is 1. The van der Waals surface area contributed by atoms with Crippen molar-refractivity contribution in [1.29, 1.82) is 0 Å². The minimum absolute atomic E-state index is 0.220. The van der Waals surface area contributed by atoms with Crippen LogP contribution in [0.3, 0.4) is 0 Å². The van der Waals surface area contributed by atoms with Crippen molar-refractivity contribution in [3.63, 3.8) is 0 Å². The molecule has 5 heterocycles. The van der Waals surface area contributed by atoms with Crippen molar-refractivity contribution in [3.8, 4) is 0 Å². The molecule has 2 fully saturated rings. The zero-order valence-electron chi connectivity index (χ0n) is 25.5. The number of thiophene rings is 2. The second kappa shape index (κ2) is 13.9. The minimum atomic E-state index is -0.492. The number of piperazine rings is 1. The summed E-state index contributed by atoms with van der Waals surface area (Å²) in [7, 11) is 0. The monoisotopic (exact) mass is 697 g/mol. The highest BCUT2D eigenvalue weighted by Gasteiger charge is 2.31. The number of aromatic nitrogens is 1. The summed E-state index contributed by atoms with van der Waals surface area (Å²) in [5, 5.41) is 20.9. The maximum atomic E-state index is 12.0. The fourth-order valence-corrected chi connectivity index (χ4v) is 7.19. The van der Waals surface area contributed by atoms with Gasteiger partial charge in [-0.25, -0.2) is 9.59 Å². The van der Waals surface area contributed by atoms with E-state index >= 15 is 0 Å². The van der Waals surface area contributed by atoms with Crippen molar-refractivity contribution in [2.75, 3.05) is 39.3 Å². The number of ether oxygens (including phenoxy) is 2. The lowest BCUT2D eigenvalue weighted by Gasteiger charge is -2.36. The Kier molecular flexibility index (Phi) is 10.7. The fraction of sp³-hybridized carbons (Fsp3) is 0.586. The van der Waals surface area contributed by atoms with Gasteiger partial charge in [0.15, 0.2) is 11.4 Å². The molecule has 0 bridgehead atoms. The predicted octanol–water partition coefficient (Wildman–Crippen LogP) is 7.20. The van der Waals surface area contributed by atoms with Crippen LogP contribution in [-0.4, -0.2) is 93.6 Å². The number of halogens is 1. The largest absolute Gasteiger partial charge is 0.444 e. The molecule has 14 heteroatoms. The molecule has 2 aliphatic rings. The molecule has 0 spiro atoms. The molecule has 3 aromatic heterocycles. The normalized spacial score (nSPS) is 17.1. The smallest absolute Gasteiger partial charge is 0.410 e. The first-order valence-electron chi connectivity index (χ1n) is 14.2. The zero-order valence-corrected chi connectivity index (χ0v) is 28.7. The number of fused-ring (bicyclic) bond motifs is 1. The van der Waals surface area contributed by atoms with E-state index < -0.39 is 11.2 Å². The molecule has 2 aliphatic heterocycles. The third-order valence-corrected chi connectivity index (χ3v) is 9.54. The number of likely N-dealkylation sites (tertiary alicyclic amines) is 1. The first kappa shape index (κ1) is 33.1. The molecule has 0 saturated carbocycles. The van der Waals surface area contributed by atoms with Crippen LogP contribution in [0.4, 0.5) is 9.59 Å². The van der Waals surface area contributed by atoms with Crippen molar-refractivity contribution < 1.29 is 28.8 Å². The van der Waals surface area contributed by atoms with Gasteiger partial charge < -0.3 is 33.9 Å². The van der Waals surface area contributed by atoms with Crippen LogP contribution in [0.15, 0.2) is 37.0 Å². The first-order chi connectivity index (χ1) is 20.3. The number of oxime groups is 1. The Balaban J connectivity index is 0.000000197. The van der Waals surface area contributed by atoms with Crippen LogP contribution in [-0.2, 0) is 9.47 Å². The highest BCUT2D eigenvalue weighted by molar-refractivity contribution is 9.10. The van der Waals surface area contributed by atoms with Gasteiger partial charge in [-0.1, -0.05) is 10.3 Å². The Morgan fingerprint density at radius 2 is 1.44 bits per heavy atom. The average molecular weight is 699 g/mol. The molecule has 0 aliphatic carbocycles. The van der Waals surface area contributed by atoms with Crippen LogP contribution in [0.2, 0.25) is 0 Å². The van der Waals surface area contributed by atoms with E-state index in [2.05, 4.69) is 26.2 Å². The number of amides is 2. The van der Waals surface area contributed by atoms with E-state index in [1.54, 1.807) is 21.1 Å². The molecule has 2 amide bonds. The quantitative estimate of drug-likeness (QED) is 0.129. The first-order valence-corrected chi connectivity index (χ1v) is 16.8. The van der Waals surface area contributed by atoms with Crippen LogP contribution in [0.5, 0.6) is 0 Å². The summed E-state index contributed by atoms with van der Waals surface area (Å²) in [6.45, 7) is 14.9. The zero-order chi connectivity index (χ0) is 31.4. The number of hydrogen-bond donors (Lipinski definition) is 1. The number of amidine groups is 1. The van der Waals surface area contributed by atoms with Crippen molar-refractivity contribution in [1.82, 2.24) is 19.9 Å². The predicted molar refractivity (Wildman–Crippen MR) is 171 cm³/mol. The topological polar surface area (TPSA) is 121 Å². The second-order valence-corrected chi connectivity index (χ2v) is 15.1. The van der Waals surface area contributed by atoms with Crippen molar-refractivity contribution in [3.05, 3.63) is 37.9 Å². The van der Waals surface area contributed by atoms with Gasteiger partial charge in [-0.05, 0) is 93.2 Å². The summed E-state index contributed by atoms with van der Waals surface area (Å²) in [6.07, 6.45) is 1.28. The Morgan fingerprint density at radius 1 is 0.907 bits per heavy atom. The van der Waals surface area contributed by atoms with E-state index in [1.807, 2.05) is 69.3 Å². The number of hydrogen-bond acceptors (Lipinski definition) is 10. The van der Waals surface area contributed by atoms with Crippen LogP contribution in [0.25, 0.3) is 10.3 Å². The van der Waals surface area contributed by atoms with Gasteiger partial charge >= 0.3 is 12.2 Å². The van der Waals surface area contributed by atoms with Crippen LogP contribution in [0.1, 0.15) is 70.9 Å². The lowest BCUT2D eigenvalue weighted by Crippen LogP contribution is -2.51. The molecule has 11 nitrogen and oxygen atoms in total. The molecule has 0 unspecified atom stereocenters. The van der Waals surface area contributed by atoms with Gasteiger partial charge in [-0.2, -0.15) is 0 Å². The lowest BCUT2D eigenvalue weighted by molar-refractivity contribution is 0.0181. The standard InChI is InChI=1S/C15H20N2O3S.C14H20BrN3O3S/c1-15(2,3)19-14(18)17-7-4-10(5-8-17)12-13-11(20-16-12)6-9-21-13;1-14(2,3)21-13(19)18-7-5-17(6-8-18)12(16-20)11-10(15)4-9-22-11/h6,9-10H,4-5,7-8H2,1-3H3;4,9,20H,5-8H2,1-3H3/b;16-12-. The number of nitrogens with zero attached hydrogens (tertiary/aromatic N) is 5. The molecular weight excluding hydrogens is 658 g/mol. The highest BCUT2D eigenvalue weighted by atomic mass is 79.9. The molecule has 0 atom stereocenters. The van der Waals surface area contributed by atoms with Gasteiger partial charge in [-0.3, -0.25) is 0 Å². The maximum Gasteiger partial charge on any atom is 0.410 e. The molecule has 1 N–H and O–H groups in total. The summed E-state index contributed by atoms with van der Waals surface area (Å²) in [4.78, 5) is 30.4. The average Bonchev–Trinajstić information content (AvgIpc) is 3.66. The van der Waals surface area contributed by atoms with Gasteiger partial charge in [-0.15, -0.1) is 22.7 Å². The van der Waals surface area contributed by atoms with Crippen LogP contribution >= 0.6 is 38.6 Å². The molecule has 0 aromatic carbocycles. The lowest BCUT2D eigenvalue weighted by atomic mass is 9.94. The van der Waals surface area contributed by atoms with Gasteiger partial charge in [0.25, 0.3) is 0 Å². The van der Waals surface area contributed by atoms with E-state index in [1.165, 1.54) is 11.3 Å². The number of carbonyl (C=O) groups is 2. The van der Waals surface area contributed by atoms with E-state index in [-0.39, 0.29) is 12.2 Å². The van der Waals surface area contributed by atoms with Crippen LogP contribution in [0, 0.1) is 0 Å². The Labute approximate surface area is 268 Å². The minimum Gasteiger partial charge on any atom is -0.444 e. The highest BCUT2D eigenvalue weighted by Crippen LogP contribution is 2.35. The fourth-order valence-electron chi connectivity index (χ4n) is 4.75. The third kappa shape index (κ3) is 8.85. The van der Waals surface area contributed by atoms with E-state index in [0.717, 1.165) is 38.2 Å². The van der Waals surface area contributed by atoms with Crippen molar-refractivity contribution in [2.45, 2.75) is 71.5 Å². The molecule has 43 heavy (non-hydrogen) atoms. The van der Waals surface area contributed by atoms with Gasteiger partial charge in [0.2, 0.25) is 0 Å². The van der Waals surface area contributed by atoms with Gasteiger partial charge in [0.05, 0.1) is 9.58 Å². The number of carbonyl (C=O) groups excluding carboxylic acids is 2. The second-order valence-electron chi connectivity index (χ2n) is 12.4. The van der Waals surface area contributed by atoms with Crippen LogP contribution < -0.4 is 0 Å². The molecule has 236 valence electrons. The summed E-state index contributed by atoms with van der Waals surface area (Å²) >= 11 is 6.62. The Morgan fingerprint density at radius 3 is 1.95 bits per heavy atom. The maximum absolute atomic E-state index is 12.0. The van der Waals surface area contributed by atoms with E-state index in [4.69, 9.17) is 14.0 Å². The van der Waals surface area contributed by atoms with Gasteiger partial charge in [0, 0.05) is 49.7 Å². The van der Waals surface area contributed by atoms with E-state index in [0.29, 0.717) is 51.0 Å². The Bertz CT molecular complexity index is 1410. The molecule has 2 saturated heterocycles. The molecule has 0 radical (unpaired) electrons. The summed E-state index contributed by atoms with van der Waals surface area (Å²) in [5.41, 5.74) is 0.977. The van der Waals surface area contributed by atoms with Gasteiger partial charge in [0.1, 0.15) is 16.9 Å². The SMILES string of the molecule is CC(C)(C)OC(=O)N1CCC(c2noc3ccsc23)CC1.CC(C)(C)OC(=O)N1CCN(/C(=N\O)c2sccc2Br)CC1. The molecule has 3 aromatic rings. The summed E-state index contributed by atoms with van der Waals surface area (Å²) in [6, 6.07) is 3.87. The third-order valence-electron chi connectivity index (χ3n) is 6.78. The van der Waals surface area contributed by atoms with E-state index in [9.17, 15) is 14.8 Å². The molecule has 5 rings (SSSR count).